The molecule has 1 rings (SSSR count). The predicted molar refractivity (Wildman–Crippen MR) is 81.0 cm³/mol. The molecule has 4 nitrogen and oxygen atoms in total. The zero-order chi connectivity index (χ0) is 15.3. The lowest BCUT2D eigenvalue weighted by atomic mass is 10.1. The standard InChI is InChI=1S/C15H18ClNO3/c1-10(18)5-6-11-7-8-12(16)13(9-11)17-14(19)20-15(2,3)4/h5-9H,1-4H3,(H,17,19)/b6-5+. The summed E-state index contributed by atoms with van der Waals surface area (Å²) in [6.07, 6.45) is 2.52. The third-order valence-electron chi connectivity index (χ3n) is 2.14. The number of carbonyl (C=O) groups excluding carboxylic acids is 2. The van der Waals surface area contributed by atoms with Gasteiger partial charge in [-0.2, -0.15) is 0 Å². The lowest BCUT2D eigenvalue weighted by molar-refractivity contribution is -0.112. The number of rotatable bonds is 3. The monoisotopic (exact) mass is 295 g/mol. The van der Waals surface area contributed by atoms with Crippen molar-refractivity contribution in [1.82, 2.24) is 0 Å². The zero-order valence-corrected chi connectivity index (χ0v) is 12.7. The first-order chi connectivity index (χ1) is 9.17. The molecule has 108 valence electrons. The Kier molecular flexibility index (Phi) is 5.34. The maximum atomic E-state index is 11.7. The van der Waals surface area contributed by atoms with E-state index in [2.05, 4.69) is 5.32 Å². The van der Waals surface area contributed by atoms with E-state index in [1.807, 2.05) is 0 Å². The van der Waals surface area contributed by atoms with Gasteiger partial charge in [-0.3, -0.25) is 10.1 Å². The van der Waals surface area contributed by atoms with E-state index in [1.54, 1.807) is 45.0 Å². The van der Waals surface area contributed by atoms with Crippen LogP contribution in [0.5, 0.6) is 0 Å². The van der Waals surface area contributed by atoms with Crippen molar-refractivity contribution in [3.8, 4) is 0 Å². The first-order valence-corrected chi connectivity index (χ1v) is 6.53. The fourth-order valence-electron chi connectivity index (χ4n) is 1.37. The van der Waals surface area contributed by atoms with Crippen LogP contribution in [0.3, 0.4) is 0 Å². The minimum absolute atomic E-state index is 0.0541. The predicted octanol–water partition coefficient (Wildman–Crippen LogP) is 4.29. The lowest BCUT2D eigenvalue weighted by Crippen LogP contribution is -2.27. The van der Waals surface area contributed by atoms with Crippen LogP contribution in [0.25, 0.3) is 6.08 Å². The highest BCUT2D eigenvalue weighted by Gasteiger charge is 2.17. The number of nitrogens with one attached hydrogen (secondary N) is 1. The van der Waals surface area contributed by atoms with Crippen LogP contribution >= 0.6 is 11.6 Å². The molecule has 1 N–H and O–H groups in total. The van der Waals surface area contributed by atoms with Gasteiger partial charge in [0.1, 0.15) is 5.60 Å². The smallest absolute Gasteiger partial charge is 0.412 e. The molecule has 0 spiro atoms. The molecule has 0 saturated heterocycles. The molecule has 0 atom stereocenters. The van der Waals surface area contributed by atoms with Crippen LogP contribution in [0.15, 0.2) is 24.3 Å². The van der Waals surface area contributed by atoms with E-state index in [4.69, 9.17) is 16.3 Å². The van der Waals surface area contributed by atoms with Crippen LogP contribution in [0, 0.1) is 0 Å². The van der Waals surface area contributed by atoms with Crippen molar-refractivity contribution >= 4 is 35.2 Å². The minimum Gasteiger partial charge on any atom is -0.444 e. The summed E-state index contributed by atoms with van der Waals surface area (Å²) < 4.78 is 5.15. The molecule has 0 heterocycles. The van der Waals surface area contributed by atoms with Crippen LogP contribution in [0.2, 0.25) is 5.02 Å². The number of anilines is 1. The van der Waals surface area contributed by atoms with Gasteiger partial charge in [-0.25, -0.2) is 4.79 Å². The molecule has 0 aliphatic carbocycles. The van der Waals surface area contributed by atoms with Gasteiger partial charge in [0.2, 0.25) is 0 Å². The van der Waals surface area contributed by atoms with Crippen LogP contribution < -0.4 is 5.32 Å². The first-order valence-electron chi connectivity index (χ1n) is 6.15. The summed E-state index contributed by atoms with van der Waals surface area (Å²) in [4.78, 5) is 22.6. The molecule has 0 aliphatic heterocycles. The third kappa shape index (κ3) is 5.89. The second-order valence-electron chi connectivity index (χ2n) is 5.31. The molecule has 20 heavy (non-hydrogen) atoms. The van der Waals surface area contributed by atoms with Crippen molar-refractivity contribution in [2.45, 2.75) is 33.3 Å². The fraction of sp³-hybridized carbons (Fsp3) is 0.333. The van der Waals surface area contributed by atoms with Crippen LogP contribution in [-0.2, 0) is 9.53 Å². The number of ether oxygens (including phenoxy) is 1. The van der Waals surface area contributed by atoms with E-state index in [1.165, 1.54) is 13.0 Å². The molecule has 5 heteroatoms. The minimum atomic E-state index is -0.581. The highest BCUT2D eigenvalue weighted by molar-refractivity contribution is 6.33. The summed E-state index contributed by atoms with van der Waals surface area (Å²) in [5, 5.41) is 2.98. The number of hydrogen-bond donors (Lipinski definition) is 1. The first kappa shape index (κ1) is 16.2. The van der Waals surface area contributed by atoms with Gasteiger partial charge >= 0.3 is 6.09 Å². The van der Waals surface area contributed by atoms with Crippen molar-refractivity contribution in [1.29, 1.82) is 0 Å². The summed E-state index contributed by atoms with van der Waals surface area (Å²) in [6, 6.07) is 5.07. The van der Waals surface area contributed by atoms with Crippen molar-refractivity contribution in [2.24, 2.45) is 0 Å². The van der Waals surface area contributed by atoms with Gasteiger partial charge in [-0.1, -0.05) is 23.7 Å². The summed E-state index contributed by atoms with van der Waals surface area (Å²) >= 11 is 6.01. The Bertz CT molecular complexity index is 545. The molecule has 0 aromatic heterocycles. The number of hydrogen-bond acceptors (Lipinski definition) is 3. The van der Waals surface area contributed by atoms with E-state index in [-0.39, 0.29) is 5.78 Å². The third-order valence-corrected chi connectivity index (χ3v) is 2.47. The number of ketones is 1. The Morgan fingerprint density at radius 1 is 1.30 bits per heavy atom. The molecule has 1 amide bonds. The normalized spacial score (nSPS) is 11.4. The van der Waals surface area contributed by atoms with Gasteiger partial charge in [0.25, 0.3) is 0 Å². The van der Waals surface area contributed by atoms with Gasteiger partial charge < -0.3 is 4.74 Å². The molecule has 0 fully saturated rings. The maximum Gasteiger partial charge on any atom is 0.412 e. The van der Waals surface area contributed by atoms with Crippen LogP contribution in [0.4, 0.5) is 10.5 Å². The van der Waals surface area contributed by atoms with Gasteiger partial charge in [-0.05, 0) is 51.5 Å². The largest absolute Gasteiger partial charge is 0.444 e. The van der Waals surface area contributed by atoms with Gasteiger partial charge in [-0.15, -0.1) is 0 Å². The average Bonchev–Trinajstić information content (AvgIpc) is 2.27. The quantitative estimate of drug-likeness (QED) is 0.846. The van der Waals surface area contributed by atoms with Crippen molar-refractivity contribution < 1.29 is 14.3 Å². The number of halogens is 1. The molecule has 0 saturated carbocycles. The second-order valence-corrected chi connectivity index (χ2v) is 5.72. The summed E-state index contributed by atoms with van der Waals surface area (Å²) in [5.41, 5.74) is 0.616. The molecule has 0 bridgehead atoms. The Hall–Kier alpha value is -1.81. The second kappa shape index (κ2) is 6.57. The molecule has 0 aliphatic rings. The SMILES string of the molecule is CC(=O)/C=C/c1ccc(Cl)c(NC(=O)OC(C)(C)C)c1. The lowest BCUT2D eigenvalue weighted by Gasteiger charge is -2.20. The molecule has 0 radical (unpaired) electrons. The van der Waals surface area contributed by atoms with Crippen LogP contribution in [0.1, 0.15) is 33.3 Å². The van der Waals surface area contributed by atoms with Gasteiger partial charge in [0, 0.05) is 0 Å². The molecule has 1 aromatic rings. The highest BCUT2D eigenvalue weighted by Crippen LogP contribution is 2.24. The summed E-state index contributed by atoms with van der Waals surface area (Å²) in [7, 11) is 0. The fourth-order valence-corrected chi connectivity index (χ4v) is 1.53. The number of benzene rings is 1. The van der Waals surface area contributed by atoms with E-state index in [0.29, 0.717) is 10.7 Å². The zero-order valence-electron chi connectivity index (χ0n) is 12.0. The van der Waals surface area contributed by atoms with E-state index in [0.717, 1.165) is 5.56 Å². The average molecular weight is 296 g/mol. The van der Waals surface area contributed by atoms with E-state index < -0.39 is 11.7 Å². The number of allylic oxidation sites excluding steroid dienone is 1. The number of amides is 1. The Morgan fingerprint density at radius 3 is 2.50 bits per heavy atom. The Morgan fingerprint density at radius 2 is 1.95 bits per heavy atom. The number of carbonyl (C=O) groups is 2. The van der Waals surface area contributed by atoms with Crippen molar-refractivity contribution in [2.75, 3.05) is 5.32 Å². The maximum absolute atomic E-state index is 11.7. The Balaban J connectivity index is 2.87. The highest BCUT2D eigenvalue weighted by atomic mass is 35.5. The topological polar surface area (TPSA) is 55.4 Å². The molecule has 1 aromatic carbocycles. The van der Waals surface area contributed by atoms with E-state index >= 15 is 0 Å². The summed E-state index contributed by atoms with van der Waals surface area (Å²) in [6.45, 7) is 6.80. The van der Waals surface area contributed by atoms with Crippen molar-refractivity contribution in [3.05, 3.63) is 34.9 Å². The summed E-state index contributed by atoms with van der Waals surface area (Å²) in [5.74, 6) is -0.0541. The van der Waals surface area contributed by atoms with Crippen LogP contribution in [-0.4, -0.2) is 17.5 Å². The molecule has 0 unspecified atom stereocenters. The van der Waals surface area contributed by atoms with E-state index in [9.17, 15) is 9.59 Å². The molecular weight excluding hydrogens is 278 g/mol. The van der Waals surface area contributed by atoms with Crippen molar-refractivity contribution in [3.63, 3.8) is 0 Å². The Labute approximate surface area is 123 Å². The van der Waals surface area contributed by atoms with Gasteiger partial charge in [0.05, 0.1) is 10.7 Å². The molecular formula is C15H18ClNO3. The van der Waals surface area contributed by atoms with Gasteiger partial charge in [0.15, 0.2) is 5.78 Å².